The Morgan fingerprint density at radius 2 is 1.70 bits per heavy atom. The molecule has 0 N–H and O–H groups in total. The molecule has 2 aromatic rings. The predicted molar refractivity (Wildman–Crippen MR) is 90.7 cm³/mol. The molecule has 2 rings (SSSR count). The zero-order chi connectivity index (χ0) is 17.0. The lowest BCUT2D eigenvalue weighted by atomic mass is 10.2. The maximum Gasteiger partial charge on any atom is 0.348 e. The fourth-order valence-corrected chi connectivity index (χ4v) is 3.09. The summed E-state index contributed by atoms with van der Waals surface area (Å²) in [5, 5.41) is 0. The van der Waals surface area contributed by atoms with Gasteiger partial charge in [0.1, 0.15) is 11.5 Å². The van der Waals surface area contributed by atoms with Crippen LogP contribution in [-0.2, 0) is 11.3 Å². The van der Waals surface area contributed by atoms with Crippen molar-refractivity contribution in [2.45, 2.75) is 13.5 Å². The summed E-state index contributed by atoms with van der Waals surface area (Å²) in [6.45, 7) is 1.54. The average molecular weight is 399 g/mol. The molecule has 1 aromatic carbocycles. The molecular weight excluding hydrogens is 384 g/mol. The number of benzene rings is 1. The maximum atomic E-state index is 12.0. The molecule has 1 aromatic heterocycles. The third-order valence-corrected chi connectivity index (χ3v) is 4.97. The summed E-state index contributed by atoms with van der Waals surface area (Å²) in [5.41, 5.74) is 0.749. The van der Waals surface area contributed by atoms with Gasteiger partial charge in [0.2, 0.25) is 0 Å². The van der Waals surface area contributed by atoms with Gasteiger partial charge in [0.25, 0.3) is 0 Å². The van der Waals surface area contributed by atoms with Crippen molar-refractivity contribution in [2.75, 3.05) is 14.2 Å². The number of ether oxygens (including phenoxy) is 3. The molecule has 0 saturated heterocycles. The first-order valence-electron chi connectivity index (χ1n) is 6.64. The molecule has 0 saturated carbocycles. The first kappa shape index (κ1) is 17.5. The fraction of sp³-hybridized carbons (Fsp3) is 0.250. The lowest BCUT2D eigenvalue weighted by Gasteiger charge is -2.12. The number of hydrogen-bond donors (Lipinski definition) is 0. The van der Waals surface area contributed by atoms with E-state index in [1.54, 1.807) is 31.4 Å². The van der Waals surface area contributed by atoms with E-state index in [2.05, 4.69) is 15.9 Å². The number of carbonyl (C=O) groups excluding carboxylic acids is 2. The highest BCUT2D eigenvalue weighted by Crippen LogP contribution is 2.33. The summed E-state index contributed by atoms with van der Waals surface area (Å²) in [7, 11) is 3.09. The second kappa shape index (κ2) is 7.61. The summed E-state index contributed by atoms with van der Waals surface area (Å²) in [6, 6.07) is 6.70. The summed E-state index contributed by atoms with van der Waals surface area (Å²) in [4.78, 5) is 24.2. The Morgan fingerprint density at radius 1 is 1.09 bits per heavy atom. The van der Waals surface area contributed by atoms with Crippen molar-refractivity contribution in [1.82, 2.24) is 0 Å². The van der Waals surface area contributed by atoms with E-state index < -0.39 is 5.97 Å². The Labute approximate surface area is 146 Å². The molecule has 0 amide bonds. The van der Waals surface area contributed by atoms with Crippen LogP contribution in [0.15, 0.2) is 28.7 Å². The van der Waals surface area contributed by atoms with E-state index >= 15 is 0 Å². The van der Waals surface area contributed by atoms with Crippen LogP contribution >= 0.6 is 27.3 Å². The van der Waals surface area contributed by atoms with Gasteiger partial charge in [-0.15, -0.1) is 11.3 Å². The van der Waals surface area contributed by atoms with E-state index in [0.29, 0.717) is 21.3 Å². The summed E-state index contributed by atoms with van der Waals surface area (Å²) in [5.74, 6) is 0.594. The van der Waals surface area contributed by atoms with Gasteiger partial charge in [-0.2, -0.15) is 0 Å². The second-order valence-electron chi connectivity index (χ2n) is 4.59. The van der Waals surface area contributed by atoms with E-state index in [1.165, 1.54) is 14.0 Å². The number of esters is 1. The highest BCUT2D eigenvalue weighted by molar-refractivity contribution is 9.10. The normalized spacial score (nSPS) is 10.3. The van der Waals surface area contributed by atoms with Crippen molar-refractivity contribution < 1.29 is 23.8 Å². The minimum Gasteiger partial charge on any atom is -0.493 e. The molecule has 0 aliphatic carbocycles. The number of Topliss-reactive ketones (excluding diaryl/α,β-unsaturated/α-hetero) is 1. The molecule has 0 bridgehead atoms. The van der Waals surface area contributed by atoms with E-state index in [1.807, 2.05) is 0 Å². The number of thiophene rings is 1. The number of carbonyl (C=O) groups is 2. The Bertz CT molecular complexity index is 738. The minimum atomic E-state index is -0.468. The molecule has 7 heteroatoms. The van der Waals surface area contributed by atoms with Crippen molar-refractivity contribution in [2.24, 2.45) is 0 Å². The Kier molecular flexibility index (Phi) is 5.79. The van der Waals surface area contributed by atoms with Gasteiger partial charge in [-0.25, -0.2) is 4.79 Å². The van der Waals surface area contributed by atoms with Crippen molar-refractivity contribution >= 4 is 39.0 Å². The minimum absolute atomic E-state index is 0.0725. The lowest BCUT2D eigenvalue weighted by molar-refractivity contribution is 0.0477. The molecule has 0 atom stereocenters. The zero-order valence-corrected chi connectivity index (χ0v) is 15.2. The van der Waals surface area contributed by atoms with Crippen molar-refractivity contribution in [1.29, 1.82) is 0 Å². The largest absolute Gasteiger partial charge is 0.493 e. The van der Waals surface area contributed by atoms with Gasteiger partial charge in [0.05, 0.1) is 19.1 Å². The van der Waals surface area contributed by atoms with E-state index in [0.717, 1.165) is 21.4 Å². The summed E-state index contributed by atoms with van der Waals surface area (Å²) < 4.78 is 16.5. The van der Waals surface area contributed by atoms with Crippen LogP contribution in [-0.4, -0.2) is 26.0 Å². The van der Waals surface area contributed by atoms with Crippen LogP contribution in [0.1, 0.15) is 31.8 Å². The number of rotatable bonds is 6. The van der Waals surface area contributed by atoms with Gasteiger partial charge in [-0.05, 0) is 31.2 Å². The molecule has 23 heavy (non-hydrogen) atoms. The Balaban J connectivity index is 2.10. The molecule has 0 fully saturated rings. The predicted octanol–water partition coefficient (Wildman–Crippen LogP) is 4.09. The maximum absolute atomic E-state index is 12.0. The molecule has 0 aliphatic heterocycles. The number of methoxy groups -OCH3 is 2. The zero-order valence-electron chi connectivity index (χ0n) is 12.8. The third-order valence-electron chi connectivity index (χ3n) is 3.07. The van der Waals surface area contributed by atoms with Gasteiger partial charge >= 0.3 is 5.97 Å². The summed E-state index contributed by atoms with van der Waals surface area (Å²) in [6.07, 6.45) is 0. The van der Waals surface area contributed by atoms with E-state index in [4.69, 9.17) is 14.2 Å². The standard InChI is InChI=1S/C16H15BrO5S/c1-9(18)14-4-5-15(23-14)16(19)22-8-10-6-12(20-2)13(21-3)7-11(10)17/h4-7H,8H2,1-3H3. The van der Waals surface area contributed by atoms with Crippen LogP contribution in [0.4, 0.5) is 0 Å². The molecule has 0 unspecified atom stereocenters. The van der Waals surface area contributed by atoms with E-state index in [9.17, 15) is 9.59 Å². The van der Waals surface area contributed by atoms with Crippen LogP contribution in [0.25, 0.3) is 0 Å². The van der Waals surface area contributed by atoms with Gasteiger partial charge < -0.3 is 14.2 Å². The van der Waals surface area contributed by atoms with Crippen LogP contribution < -0.4 is 9.47 Å². The van der Waals surface area contributed by atoms with Crippen molar-refractivity contribution in [3.8, 4) is 11.5 Å². The molecule has 1 heterocycles. The highest BCUT2D eigenvalue weighted by atomic mass is 79.9. The average Bonchev–Trinajstić information content (AvgIpc) is 3.03. The van der Waals surface area contributed by atoms with Gasteiger partial charge in [-0.3, -0.25) is 4.79 Å². The number of hydrogen-bond acceptors (Lipinski definition) is 6. The quantitative estimate of drug-likeness (QED) is 0.541. The molecule has 0 aliphatic rings. The Hall–Kier alpha value is -1.86. The van der Waals surface area contributed by atoms with Crippen molar-refractivity contribution in [3.05, 3.63) is 44.1 Å². The summed E-state index contributed by atoms with van der Waals surface area (Å²) >= 11 is 4.53. The first-order valence-corrected chi connectivity index (χ1v) is 8.25. The molecule has 5 nitrogen and oxygen atoms in total. The second-order valence-corrected chi connectivity index (χ2v) is 6.53. The SMILES string of the molecule is COc1cc(Br)c(COC(=O)c2ccc(C(C)=O)s2)cc1OC. The van der Waals surface area contributed by atoms with Gasteiger partial charge in [0, 0.05) is 10.0 Å². The highest BCUT2D eigenvalue weighted by Gasteiger charge is 2.15. The smallest absolute Gasteiger partial charge is 0.348 e. The fourth-order valence-electron chi connectivity index (χ4n) is 1.86. The van der Waals surface area contributed by atoms with Crippen LogP contribution in [0.5, 0.6) is 11.5 Å². The Morgan fingerprint density at radius 3 is 2.26 bits per heavy atom. The number of ketones is 1. The molecule has 0 spiro atoms. The van der Waals surface area contributed by atoms with Crippen LogP contribution in [0.2, 0.25) is 0 Å². The van der Waals surface area contributed by atoms with Crippen LogP contribution in [0, 0.1) is 0 Å². The molecule has 0 radical (unpaired) electrons. The van der Waals surface area contributed by atoms with Crippen LogP contribution in [0.3, 0.4) is 0 Å². The first-order chi connectivity index (χ1) is 11.0. The lowest BCUT2D eigenvalue weighted by Crippen LogP contribution is -2.04. The topological polar surface area (TPSA) is 61.8 Å². The third kappa shape index (κ3) is 4.11. The molecule has 122 valence electrons. The van der Waals surface area contributed by atoms with Gasteiger partial charge in [0.15, 0.2) is 17.3 Å². The monoisotopic (exact) mass is 398 g/mol. The van der Waals surface area contributed by atoms with E-state index in [-0.39, 0.29) is 12.4 Å². The van der Waals surface area contributed by atoms with Crippen molar-refractivity contribution in [3.63, 3.8) is 0 Å². The van der Waals surface area contributed by atoms with Gasteiger partial charge in [-0.1, -0.05) is 15.9 Å². The number of halogens is 1. The molecular formula is C16H15BrO5S.